The minimum atomic E-state index is -0.0364. The van der Waals surface area contributed by atoms with Gasteiger partial charge in [-0.1, -0.05) is 13.0 Å². The fourth-order valence-corrected chi connectivity index (χ4v) is 4.86. The van der Waals surface area contributed by atoms with E-state index in [4.69, 9.17) is 0 Å². The lowest BCUT2D eigenvalue weighted by Gasteiger charge is -2.32. The van der Waals surface area contributed by atoms with Gasteiger partial charge in [0.25, 0.3) is 5.91 Å². The minimum absolute atomic E-state index is 0.0364. The van der Waals surface area contributed by atoms with Crippen molar-refractivity contribution in [1.82, 2.24) is 4.90 Å². The first-order valence-electron chi connectivity index (χ1n) is 10.6. The quantitative estimate of drug-likeness (QED) is 0.807. The molecule has 1 aromatic heterocycles. The van der Waals surface area contributed by atoms with Gasteiger partial charge in [-0.2, -0.15) is 0 Å². The third-order valence-electron chi connectivity index (χ3n) is 6.17. The van der Waals surface area contributed by atoms with Crippen LogP contribution in [0.4, 0.5) is 11.4 Å². The Kier molecular flexibility index (Phi) is 6.19. The highest BCUT2D eigenvalue weighted by Crippen LogP contribution is 2.26. The molecule has 0 bridgehead atoms. The highest BCUT2D eigenvalue weighted by molar-refractivity contribution is 7.12. The van der Waals surface area contributed by atoms with E-state index in [2.05, 4.69) is 29.3 Å². The molecule has 2 amide bonds. The van der Waals surface area contributed by atoms with Gasteiger partial charge in [-0.15, -0.1) is 11.3 Å². The number of likely N-dealkylation sites (tertiary alicyclic amines) is 1. The topological polar surface area (TPSA) is 52.7 Å². The van der Waals surface area contributed by atoms with E-state index >= 15 is 0 Å². The number of amides is 2. The number of hydrogen-bond acceptors (Lipinski definition) is 4. The molecule has 0 radical (unpaired) electrons. The molecule has 1 N–H and O–H groups in total. The number of hydrogen-bond donors (Lipinski definition) is 1. The van der Waals surface area contributed by atoms with Crippen molar-refractivity contribution in [3.63, 3.8) is 0 Å². The molecule has 0 spiro atoms. The zero-order valence-corrected chi connectivity index (χ0v) is 17.8. The average molecular weight is 412 g/mol. The van der Waals surface area contributed by atoms with Crippen LogP contribution in [0.3, 0.4) is 0 Å². The van der Waals surface area contributed by atoms with Crippen molar-refractivity contribution in [3.05, 3.63) is 46.7 Å². The van der Waals surface area contributed by atoms with Crippen LogP contribution in [-0.4, -0.2) is 42.9 Å². The number of carbonyl (C=O) groups is 2. The molecule has 2 aromatic rings. The van der Waals surface area contributed by atoms with Crippen LogP contribution in [-0.2, 0) is 4.79 Å². The first-order chi connectivity index (χ1) is 14.1. The van der Waals surface area contributed by atoms with Crippen LogP contribution in [0.25, 0.3) is 0 Å². The number of piperidine rings is 2. The van der Waals surface area contributed by atoms with Gasteiger partial charge in [-0.3, -0.25) is 9.59 Å². The molecule has 2 aliphatic rings. The van der Waals surface area contributed by atoms with E-state index in [0.717, 1.165) is 29.6 Å². The molecule has 5 nitrogen and oxygen atoms in total. The second-order valence-electron chi connectivity index (χ2n) is 8.25. The summed E-state index contributed by atoms with van der Waals surface area (Å²) in [6.07, 6.45) is 3.92. The van der Waals surface area contributed by atoms with Crippen molar-refractivity contribution in [2.75, 3.05) is 36.4 Å². The van der Waals surface area contributed by atoms with E-state index in [1.165, 1.54) is 29.9 Å². The molecule has 0 saturated carbocycles. The van der Waals surface area contributed by atoms with Crippen molar-refractivity contribution >= 4 is 34.5 Å². The van der Waals surface area contributed by atoms with Crippen molar-refractivity contribution in [3.8, 4) is 0 Å². The van der Waals surface area contributed by atoms with Crippen LogP contribution >= 0.6 is 11.3 Å². The Morgan fingerprint density at radius 2 is 1.66 bits per heavy atom. The number of nitrogens with one attached hydrogen (secondary N) is 1. The normalized spacial score (nSPS) is 18.7. The highest BCUT2D eigenvalue weighted by atomic mass is 32.1. The molecule has 6 heteroatoms. The Morgan fingerprint density at radius 3 is 2.28 bits per heavy atom. The predicted molar refractivity (Wildman–Crippen MR) is 119 cm³/mol. The summed E-state index contributed by atoms with van der Waals surface area (Å²) in [6.45, 7) is 5.81. The van der Waals surface area contributed by atoms with Crippen molar-refractivity contribution in [2.24, 2.45) is 11.8 Å². The molecule has 2 aliphatic heterocycles. The lowest BCUT2D eigenvalue weighted by atomic mass is 9.95. The summed E-state index contributed by atoms with van der Waals surface area (Å²) in [6, 6.07) is 12.0. The standard InChI is InChI=1S/C23H29N3O2S/c1-17-8-12-25(13-9-17)20-6-4-19(5-7-20)24-22(27)18-10-14-26(15-11-18)23(28)21-3-2-16-29-21/h2-7,16-18H,8-15H2,1H3,(H,24,27). The van der Waals surface area contributed by atoms with Gasteiger partial charge < -0.3 is 15.1 Å². The first-order valence-corrected chi connectivity index (χ1v) is 11.5. The van der Waals surface area contributed by atoms with Crippen LogP contribution in [0.15, 0.2) is 41.8 Å². The van der Waals surface area contributed by atoms with Crippen LogP contribution < -0.4 is 10.2 Å². The fraction of sp³-hybridized carbons (Fsp3) is 0.478. The SMILES string of the molecule is CC1CCN(c2ccc(NC(=O)C3CCN(C(=O)c4cccs4)CC3)cc2)CC1. The molecule has 0 aliphatic carbocycles. The summed E-state index contributed by atoms with van der Waals surface area (Å²) in [5.41, 5.74) is 2.08. The predicted octanol–water partition coefficient (Wildman–Crippen LogP) is 4.48. The van der Waals surface area contributed by atoms with E-state index in [-0.39, 0.29) is 17.7 Å². The number of nitrogens with zero attached hydrogens (tertiary/aromatic N) is 2. The lowest BCUT2D eigenvalue weighted by Crippen LogP contribution is -2.41. The molecule has 154 valence electrons. The summed E-state index contributed by atoms with van der Waals surface area (Å²) < 4.78 is 0. The molecule has 4 rings (SSSR count). The third-order valence-corrected chi connectivity index (χ3v) is 7.03. The van der Waals surface area contributed by atoms with Gasteiger partial charge in [0.05, 0.1) is 4.88 Å². The zero-order valence-electron chi connectivity index (χ0n) is 17.0. The summed E-state index contributed by atoms with van der Waals surface area (Å²) in [5, 5.41) is 4.98. The van der Waals surface area contributed by atoms with Crippen LogP contribution in [0.5, 0.6) is 0 Å². The molecular formula is C23H29N3O2S. The molecule has 2 fully saturated rings. The largest absolute Gasteiger partial charge is 0.372 e. The monoisotopic (exact) mass is 411 g/mol. The summed E-state index contributed by atoms with van der Waals surface area (Å²) in [7, 11) is 0. The molecule has 0 unspecified atom stereocenters. The number of carbonyl (C=O) groups excluding carboxylic acids is 2. The van der Waals surface area contributed by atoms with E-state index in [0.29, 0.717) is 25.9 Å². The number of anilines is 2. The lowest BCUT2D eigenvalue weighted by molar-refractivity contribution is -0.121. The van der Waals surface area contributed by atoms with E-state index < -0.39 is 0 Å². The number of benzene rings is 1. The smallest absolute Gasteiger partial charge is 0.263 e. The zero-order chi connectivity index (χ0) is 20.2. The summed E-state index contributed by atoms with van der Waals surface area (Å²) in [5.74, 6) is 0.928. The van der Waals surface area contributed by atoms with Crippen molar-refractivity contribution < 1.29 is 9.59 Å². The van der Waals surface area contributed by atoms with Gasteiger partial charge >= 0.3 is 0 Å². The maximum Gasteiger partial charge on any atom is 0.263 e. The maximum absolute atomic E-state index is 12.7. The minimum Gasteiger partial charge on any atom is -0.372 e. The molecular weight excluding hydrogens is 382 g/mol. The summed E-state index contributed by atoms with van der Waals surface area (Å²) in [4.78, 5) is 30.2. The highest BCUT2D eigenvalue weighted by Gasteiger charge is 2.28. The Bertz CT molecular complexity index is 818. The van der Waals surface area contributed by atoms with Gasteiger partial charge in [-0.05, 0) is 67.3 Å². The molecule has 3 heterocycles. The Hall–Kier alpha value is -2.34. The maximum atomic E-state index is 12.7. The van der Waals surface area contributed by atoms with Gasteiger partial charge in [0.1, 0.15) is 0 Å². The molecule has 2 saturated heterocycles. The van der Waals surface area contributed by atoms with E-state index in [9.17, 15) is 9.59 Å². The van der Waals surface area contributed by atoms with Gasteiger partial charge in [0.2, 0.25) is 5.91 Å². The molecule has 29 heavy (non-hydrogen) atoms. The van der Waals surface area contributed by atoms with Gasteiger partial charge in [-0.25, -0.2) is 0 Å². The van der Waals surface area contributed by atoms with Crippen molar-refractivity contribution in [1.29, 1.82) is 0 Å². The Balaban J connectivity index is 1.27. The summed E-state index contributed by atoms with van der Waals surface area (Å²) >= 11 is 1.47. The number of thiophene rings is 1. The average Bonchev–Trinajstić information content (AvgIpc) is 3.29. The molecule has 1 aromatic carbocycles. The third kappa shape index (κ3) is 4.81. The van der Waals surface area contributed by atoms with E-state index in [1.54, 1.807) is 0 Å². The van der Waals surface area contributed by atoms with Gasteiger partial charge in [0, 0.05) is 43.5 Å². The molecule has 0 atom stereocenters. The number of rotatable bonds is 4. The Labute approximate surface area is 176 Å². The Morgan fingerprint density at radius 1 is 0.966 bits per heavy atom. The van der Waals surface area contributed by atoms with Crippen LogP contribution in [0, 0.1) is 11.8 Å². The van der Waals surface area contributed by atoms with Crippen molar-refractivity contribution in [2.45, 2.75) is 32.6 Å². The second kappa shape index (κ2) is 8.99. The fourth-order valence-electron chi connectivity index (χ4n) is 4.17. The van der Waals surface area contributed by atoms with Crippen LogP contribution in [0.2, 0.25) is 0 Å². The van der Waals surface area contributed by atoms with Gasteiger partial charge in [0.15, 0.2) is 0 Å². The van der Waals surface area contributed by atoms with E-state index in [1.807, 2.05) is 34.5 Å². The van der Waals surface area contributed by atoms with Crippen LogP contribution in [0.1, 0.15) is 42.3 Å². The first kappa shape index (κ1) is 20.0. The second-order valence-corrected chi connectivity index (χ2v) is 9.20.